The second kappa shape index (κ2) is 8.55. The van der Waals surface area contributed by atoms with E-state index in [-0.39, 0.29) is 12.2 Å². The minimum atomic E-state index is -4.20. The molecule has 1 aromatic rings. The number of nitrogens with one attached hydrogen (secondary N) is 1. The van der Waals surface area contributed by atoms with E-state index in [2.05, 4.69) is 4.72 Å². The largest absolute Gasteiger partial charge is 0.399 e. The first kappa shape index (κ1) is 18.2. The number of thioether (sulfide) groups is 1. The Bertz CT molecular complexity index is 542. The van der Waals surface area contributed by atoms with E-state index in [9.17, 15) is 17.2 Å². The Labute approximate surface area is 128 Å². The highest BCUT2D eigenvalue weighted by Crippen LogP contribution is 2.21. The van der Waals surface area contributed by atoms with Gasteiger partial charge in [-0.05, 0) is 37.0 Å². The molecule has 0 aromatic heterocycles. The number of nitrogen functional groups attached to an aromatic ring is 1. The standard InChI is InChI=1S/C13H20F2N2O2S2/c1-20-7-5-3-2-4-6-17-21(18,19)13-11(14)8-10(16)9-12(13)15/h8-9,17H,2-7,16H2,1H3. The van der Waals surface area contributed by atoms with Crippen molar-refractivity contribution in [2.24, 2.45) is 0 Å². The molecule has 0 saturated heterocycles. The molecule has 120 valence electrons. The molecule has 0 fully saturated rings. The van der Waals surface area contributed by atoms with Gasteiger partial charge in [0.1, 0.15) is 11.6 Å². The van der Waals surface area contributed by atoms with Gasteiger partial charge in [-0.1, -0.05) is 12.8 Å². The van der Waals surface area contributed by atoms with Crippen molar-refractivity contribution in [3.8, 4) is 0 Å². The average molecular weight is 338 g/mol. The predicted molar refractivity (Wildman–Crippen MR) is 82.8 cm³/mol. The Morgan fingerprint density at radius 3 is 2.29 bits per heavy atom. The molecule has 21 heavy (non-hydrogen) atoms. The summed E-state index contributed by atoms with van der Waals surface area (Å²) < 4.78 is 53.1. The molecule has 0 bridgehead atoms. The topological polar surface area (TPSA) is 72.2 Å². The Balaban J connectivity index is 2.55. The quantitative estimate of drug-likeness (QED) is 0.536. The van der Waals surface area contributed by atoms with E-state index < -0.39 is 26.6 Å². The van der Waals surface area contributed by atoms with E-state index in [0.29, 0.717) is 6.42 Å². The third-order valence-electron chi connectivity index (χ3n) is 2.86. The number of anilines is 1. The van der Waals surface area contributed by atoms with Gasteiger partial charge in [0.15, 0.2) is 4.90 Å². The SMILES string of the molecule is CSCCCCCCNS(=O)(=O)c1c(F)cc(N)cc1F. The van der Waals surface area contributed by atoms with Crippen LogP contribution in [0.4, 0.5) is 14.5 Å². The number of nitrogens with two attached hydrogens (primary N) is 1. The summed E-state index contributed by atoms with van der Waals surface area (Å²) >= 11 is 1.77. The zero-order valence-electron chi connectivity index (χ0n) is 11.9. The average Bonchev–Trinajstić information content (AvgIpc) is 2.35. The highest BCUT2D eigenvalue weighted by atomic mass is 32.2. The zero-order valence-corrected chi connectivity index (χ0v) is 13.5. The molecule has 1 aromatic carbocycles. The van der Waals surface area contributed by atoms with Gasteiger partial charge >= 0.3 is 0 Å². The van der Waals surface area contributed by atoms with Gasteiger partial charge < -0.3 is 5.73 Å². The summed E-state index contributed by atoms with van der Waals surface area (Å²) in [6, 6.07) is 1.58. The first-order chi connectivity index (χ1) is 9.88. The number of halogens is 2. The molecule has 0 aliphatic carbocycles. The number of hydrogen-bond donors (Lipinski definition) is 2. The number of sulfonamides is 1. The lowest BCUT2D eigenvalue weighted by Gasteiger charge is -2.09. The van der Waals surface area contributed by atoms with Gasteiger partial charge in [0.2, 0.25) is 10.0 Å². The summed E-state index contributed by atoms with van der Waals surface area (Å²) in [4.78, 5) is -0.973. The van der Waals surface area contributed by atoms with Crippen molar-refractivity contribution in [1.29, 1.82) is 0 Å². The van der Waals surface area contributed by atoms with Gasteiger partial charge in [0.05, 0.1) is 0 Å². The van der Waals surface area contributed by atoms with Crippen molar-refractivity contribution in [3.05, 3.63) is 23.8 Å². The number of unbranched alkanes of at least 4 members (excludes halogenated alkanes) is 3. The maximum atomic E-state index is 13.6. The van der Waals surface area contributed by atoms with Gasteiger partial charge in [-0.3, -0.25) is 0 Å². The van der Waals surface area contributed by atoms with E-state index >= 15 is 0 Å². The smallest absolute Gasteiger partial charge is 0.246 e. The Hall–Kier alpha value is -0.860. The van der Waals surface area contributed by atoms with Crippen molar-refractivity contribution in [2.75, 3.05) is 24.3 Å². The van der Waals surface area contributed by atoms with Gasteiger partial charge in [-0.2, -0.15) is 11.8 Å². The molecule has 0 aliphatic heterocycles. The fourth-order valence-electron chi connectivity index (χ4n) is 1.84. The molecule has 0 amide bonds. The van der Waals surface area contributed by atoms with Crippen LogP contribution in [-0.4, -0.2) is 27.0 Å². The fourth-order valence-corrected chi connectivity index (χ4v) is 3.52. The van der Waals surface area contributed by atoms with Crippen molar-refractivity contribution in [2.45, 2.75) is 30.6 Å². The van der Waals surface area contributed by atoms with E-state index in [0.717, 1.165) is 37.1 Å². The summed E-state index contributed by atoms with van der Waals surface area (Å²) in [6.07, 6.45) is 5.62. The molecule has 0 aliphatic rings. The number of hydrogen-bond acceptors (Lipinski definition) is 4. The van der Waals surface area contributed by atoms with E-state index in [1.807, 2.05) is 6.26 Å². The van der Waals surface area contributed by atoms with E-state index in [1.54, 1.807) is 11.8 Å². The molecule has 0 unspecified atom stereocenters. The van der Waals surface area contributed by atoms with Crippen LogP contribution in [0, 0.1) is 11.6 Å². The third-order valence-corrected chi connectivity index (χ3v) is 5.07. The maximum absolute atomic E-state index is 13.6. The minimum absolute atomic E-state index is 0.155. The van der Waals surface area contributed by atoms with E-state index in [1.165, 1.54) is 0 Å². The van der Waals surface area contributed by atoms with Gasteiger partial charge in [0.25, 0.3) is 0 Å². The Morgan fingerprint density at radius 1 is 1.14 bits per heavy atom. The van der Waals surface area contributed by atoms with Crippen LogP contribution in [-0.2, 0) is 10.0 Å². The molecule has 0 heterocycles. The van der Waals surface area contributed by atoms with Crippen LogP contribution in [0.5, 0.6) is 0 Å². The lowest BCUT2D eigenvalue weighted by Crippen LogP contribution is -2.26. The minimum Gasteiger partial charge on any atom is -0.399 e. The van der Waals surface area contributed by atoms with Crippen LogP contribution < -0.4 is 10.5 Å². The molecule has 3 N–H and O–H groups in total. The maximum Gasteiger partial charge on any atom is 0.246 e. The van der Waals surface area contributed by atoms with Crippen molar-refractivity contribution < 1.29 is 17.2 Å². The molecular formula is C13H20F2N2O2S2. The lowest BCUT2D eigenvalue weighted by molar-refractivity contribution is 0.513. The molecule has 8 heteroatoms. The second-order valence-corrected chi connectivity index (χ2v) is 7.31. The second-order valence-electron chi connectivity index (χ2n) is 4.62. The Morgan fingerprint density at radius 2 is 1.71 bits per heavy atom. The first-order valence-electron chi connectivity index (χ1n) is 6.61. The third kappa shape index (κ3) is 5.80. The van der Waals surface area contributed by atoms with Gasteiger partial charge in [-0.25, -0.2) is 21.9 Å². The summed E-state index contributed by atoms with van der Waals surface area (Å²) in [5.41, 5.74) is 5.10. The molecule has 4 nitrogen and oxygen atoms in total. The molecule has 0 atom stereocenters. The van der Waals surface area contributed by atoms with Crippen LogP contribution in [0.15, 0.2) is 17.0 Å². The summed E-state index contributed by atoms with van der Waals surface area (Å²) in [7, 11) is -4.20. The highest BCUT2D eigenvalue weighted by molar-refractivity contribution is 7.98. The lowest BCUT2D eigenvalue weighted by atomic mass is 10.2. The van der Waals surface area contributed by atoms with Gasteiger partial charge in [0, 0.05) is 12.2 Å². The van der Waals surface area contributed by atoms with Crippen molar-refractivity contribution in [3.63, 3.8) is 0 Å². The normalized spacial score (nSPS) is 11.8. The number of rotatable bonds is 9. The molecule has 0 radical (unpaired) electrons. The van der Waals surface area contributed by atoms with Crippen LogP contribution in [0.2, 0.25) is 0 Å². The fraction of sp³-hybridized carbons (Fsp3) is 0.538. The van der Waals surface area contributed by atoms with Crippen molar-refractivity contribution >= 4 is 27.5 Å². The molecular weight excluding hydrogens is 318 g/mol. The molecule has 0 spiro atoms. The van der Waals surface area contributed by atoms with Gasteiger partial charge in [-0.15, -0.1) is 0 Å². The summed E-state index contributed by atoms with van der Waals surface area (Å²) in [5.74, 6) is -1.28. The van der Waals surface area contributed by atoms with Crippen LogP contribution >= 0.6 is 11.8 Å². The van der Waals surface area contributed by atoms with Crippen LogP contribution in [0.1, 0.15) is 25.7 Å². The molecule has 0 saturated carbocycles. The molecule has 1 rings (SSSR count). The monoisotopic (exact) mass is 338 g/mol. The van der Waals surface area contributed by atoms with Crippen LogP contribution in [0.3, 0.4) is 0 Å². The van der Waals surface area contributed by atoms with E-state index in [4.69, 9.17) is 5.73 Å². The predicted octanol–water partition coefficient (Wildman–Crippen LogP) is 2.75. The highest BCUT2D eigenvalue weighted by Gasteiger charge is 2.24. The first-order valence-corrected chi connectivity index (χ1v) is 9.49. The number of benzene rings is 1. The van der Waals surface area contributed by atoms with Crippen molar-refractivity contribution in [1.82, 2.24) is 4.72 Å². The summed E-state index contributed by atoms with van der Waals surface area (Å²) in [6.45, 7) is 0.158. The summed E-state index contributed by atoms with van der Waals surface area (Å²) in [5, 5.41) is 0. The Kier molecular flexibility index (Phi) is 7.41. The zero-order chi connectivity index (χ0) is 15.9. The van der Waals surface area contributed by atoms with Crippen LogP contribution in [0.25, 0.3) is 0 Å².